The molecule has 6 heteroatoms. The van der Waals surface area contributed by atoms with Crippen molar-refractivity contribution in [2.24, 2.45) is 0 Å². The van der Waals surface area contributed by atoms with Gasteiger partial charge in [-0.25, -0.2) is 4.79 Å². The van der Waals surface area contributed by atoms with Gasteiger partial charge in [0.2, 0.25) is 0 Å². The van der Waals surface area contributed by atoms with Crippen LogP contribution in [0.15, 0.2) is 33.3 Å². The van der Waals surface area contributed by atoms with Gasteiger partial charge >= 0.3 is 5.97 Å². The molecule has 16 heavy (non-hydrogen) atoms. The van der Waals surface area contributed by atoms with E-state index in [9.17, 15) is 4.79 Å². The largest absolute Gasteiger partial charge is 0.476 e. The summed E-state index contributed by atoms with van der Waals surface area (Å²) in [6.45, 7) is 0. The summed E-state index contributed by atoms with van der Waals surface area (Å²) in [5.41, 5.74) is 0.571. The second-order valence-electron chi connectivity index (χ2n) is 3.01. The quantitative estimate of drug-likeness (QED) is 0.923. The molecule has 0 aliphatic rings. The van der Waals surface area contributed by atoms with Crippen molar-refractivity contribution >= 4 is 33.5 Å². The molecule has 0 atom stereocenters. The summed E-state index contributed by atoms with van der Waals surface area (Å²) < 4.78 is 5.64. The molecular formula is C10H5BrClNO3. The number of aromatic nitrogens is 1. The summed E-state index contributed by atoms with van der Waals surface area (Å²) in [7, 11) is 0. The van der Waals surface area contributed by atoms with Crippen molar-refractivity contribution in [3.63, 3.8) is 0 Å². The molecule has 1 aromatic carbocycles. The minimum atomic E-state index is -1.12. The summed E-state index contributed by atoms with van der Waals surface area (Å²) in [5, 5.41) is 12.7. The van der Waals surface area contributed by atoms with Gasteiger partial charge < -0.3 is 9.63 Å². The minimum absolute atomic E-state index is 0.128. The van der Waals surface area contributed by atoms with Crippen LogP contribution in [0.3, 0.4) is 0 Å². The van der Waals surface area contributed by atoms with Crippen LogP contribution in [-0.2, 0) is 0 Å². The Morgan fingerprint density at radius 1 is 1.44 bits per heavy atom. The molecule has 2 aromatic rings. The molecule has 0 aliphatic carbocycles. The van der Waals surface area contributed by atoms with E-state index < -0.39 is 5.97 Å². The van der Waals surface area contributed by atoms with E-state index in [2.05, 4.69) is 21.1 Å². The first-order valence-corrected chi connectivity index (χ1v) is 5.40. The molecule has 0 fully saturated rings. The van der Waals surface area contributed by atoms with Crippen molar-refractivity contribution in [1.29, 1.82) is 0 Å². The fourth-order valence-corrected chi connectivity index (χ4v) is 2.07. The standard InChI is InChI=1S/C10H5BrClNO3/c11-7-3-5(12)1-2-6(7)9-4-8(10(14)15)13-16-9/h1-4H,(H,14,15). The summed E-state index contributed by atoms with van der Waals surface area (Å²) in [5.74, 6) is -0.749. The zero-order valence-corrected chi connectivity index (χ0v) is 10.1. The molecular weight excluding hydrogens is 297 g/mol. The van der Waals surface area contributed by atoms with E-state index in [-0.39, 0.29) is 5.69 Å². The summed E-state index contributed by atoms with van der Waals surface area (Å²) in [4.78, 5) is 10.6. The number of hydrogen-bond donors (Lipinski definition) is 1. The van der Waals surface area contributed by atoms with E-state index in [1.807, 2.05) is 0 Å². The van der Waals surface area contributed by atoms with E-state index >= 15 is 0 Å². The van der Waals surface area contributed by atoms with Crippen LogP contribution in [0.2, 0.25) is 5.02 Å². The first-order valence-electron chi connectivity index (χ1n) is 4.23. The van der Waals surface area contributed by atoms with E-state index in [1.165, 1.54) is 6.07 Å². The highest BCUT2D eigenvalue weighted by Crippen LogP contribution is 2.30. The average molecular weight is 303 g/mol. The van der Waals surface area contributed by atoms with Crippen LogP contribution in [0.4, 0.5) is 0 Å². The number of hydrogen-bond acceptors (Lipinski definition) is 3. The maximum absolute atomic E-state index is 10.6. The van der Waals surface area contributed by atoms with Gasteiger partial charge in [0.05, 0.1) is 0 Å². The maximum atomic E-state index is 10.6. The normalized spacial score (nSPS) is 10.4. The summed E-state index contributed by atoms with van der Waals surface area (Å²) in [6.07, 6.45) is 0. The maximum Gasteiger partial charge on any atom is 0.358 e. The van der Waals surface area contributed by atoms with Crippen molar-refractivity contribution in [1.82, 2.24) is 5.16 Å². The molecule has 0 saturated heterocycles. The molecule has 2 rings (SSSR count). The first kappa shape index (κ1) is 11.2. The van der Waals surface area contributed by atoms with Gasteiger partial charge in [-0.15, -0.1) is 0 Å². The van der Waals surface area contributed by atoms with Crippen LogP contribution < -0.4 is 0 Å². The molecule has 0 amide bonds. The van der Waals surface area contributed by atoms with Gasteiger partial charge in [-0.2, -0.15) is 0 Å². The Hall–Kier alpha value is -1.33. The second-order valence-corrected chi connectivity index (χ2v) is 4.30. The number of carboxylic acids is 1. The van der Waals surface area contributed by atoms with Crippen LogP contribution in [0, 0.1) is 0 Å². The number of nitrogens with zero attached hydrogens (tertiary/aromatic N) is 1. The lowest BCUT2D eigenvalue weighted by Gasteiger charge is -1.99. The fraction of sp³-hybridized carbons (Fsp3) is 0. The van der Waals surface area contributed by atoms with Gasteiger partial charge in [0, 0.05) is 21.1 Å². The molecule has 0 saturated carbocycles. The van der Waals surface area contributed by atoms with E-state index in [0.717, 1.165) is 0 Å². The van der Waals surface area contributed by atoms with Crippen LogP contribution in [-0.4, -0.2) is 16.2 Å². The Morgan fingerprint density at radius 3 is 2.75 bits per heavy atom. The van der Waals surface area contributed by atoms with Crippen LogP contribution in [0.1, 0.15) is 10.5 Å². The van der Waals surface area contributed by atoms with Crippen molar-refractivity contribution in [3.8, 4) is 11.3 Å². The zero-order valence-electron chi connectivity index (χ0n) is 7.78. The third-order valence-corrected chi connectivity index (χ3v) is 2.82. The lowest BCUT2D eigenvalue weighted by atomic mass is 10.1. The predicted molar refractivity (Wildman–Crippen MR) is 61.6 cm³/mol. The minimum Gasteiger partial charge on any atom is -0.476 e. The molecule has 4 nitrogen and oxygen atoms in total. The molecule has 0 spiro atoms. The lowest BCUT2D eigenvalue weighted by molar-refractivity contribution is 0.0686. The topological polar surface area (TPSA) is 63.3 Å². The fourth-order valence-electron chi connectivity index (χ4n) is 1.19. The Bertz CT molecular complexity index is 553. The number of benzene rings is 1. The zero-order chi connectivity index (χ0) is 11.7. The van der Waals surface area contributed by atoms with Crippen molar-refractivity contribution in [2.75, 3.05) is 0 Å². The van der Waals surface area contributed by atoms with Crippen LogP contribution in [0.25, 0.3) is 11.3 Å². The highest BCUT2D eigenvalue weighted by atomic mass is 79.9. The average Bonchev–Trinajstić information content (AvgIpc) is 2.66. The molecule has 0 bridgehead atoms. The van der Waals surface area contributed by atoms with E-state index in [4.69, 9.17) is 21.2 Å². The Labute approximate surface area is 104 Å². The second kappa shape index (κ2) is 4.27. The highest BCUT2D eigenvalue weighted by molar-refractivity contribution is 9.10. The smallest absolute Gasteiger partial charge is 0.358 e. The van der Waals surface area contributed by atoms with E-state index in [0.29, 0.717) is 20.8 Å². The lowest BCUT2D eigenvalue weighted by Crippen LogP contribution is -1.94. The monoisotopic (exact) mass is 301 g/mol. The molecule has 1 heterocycles. The number of rotatable bonds is 2. The number of halogens is 2. The van der Waals surface area contributed by atoms with E-state index in [1.54, 1.807) is 18.2 Å². The number of carbonyl (C=O) groups is 1. The van der Waals surface area contributed by atoms with Crippen LogP contribution >= 0.6 is 27.5 Å². The molecule has 0 unspecified atom stereocenters. The van der Waals surface area contributed by atoms with Crippen LogP contribution in [0.5, 0.6) is 0 Å². The highest BCUT2D eigenvalue weighted by Gasteiger charge is 2.14. The van der Waals surface area contributed by atoms with Gasteiger partial charge in [0.1, 0.15) is 0 Å². The third-order valence-electron chi connectivity index (χ3n) is 1.93. The Morgan fingerprint density at radius 2 is 2.19 bits per heavy atom. The Balaban J connectivity index is 2.46. The van der Waals surface area contributed by atoms with Crippen molar-refractivity contribution in [2.45, 2.75) is 0 Å². The van der Waals surface area contributed by atoms with Gasteiger partial charge in [0.15, 0.2) is 11.5 Å². The number of carboxylic acid groups (broad SMARTS) is 1. The first-order chi connectivity index (χ1) is 7.58. The molecule has 1 N–H and O–H groups in total. The van der Waals surface area contributed by atoms with Crippen molar-refractivity contribution < 1.29 is 14.4 Å². The van der Waals surface area contributed by atoms with Gasteiger partial charge in [-0.3, -0.25) is 0 Å². The molecule has 82 valence electrons. The van der Waals surface area contributed by atoms with Gasteiger partial charge in [-0.05, 0) is 34.1 Å². The number of aromatic carboxylic acids is 1. The Kier molecular flexibility index (Phi) is 2.98. The molecule has 1 aromatic heterocycles. The van der Waals surface area contributed by atoms with Gasteiger partial charge in [-0.1, -0.05) is 16.8 Å². The van der Waals surface area contributed by atoms with Gasteiger partial charge in [0.25, 0.3) is 0 Å². The SMILES string of the molecule is O=C(O)c1cc(-c2ccc(Cl)cc2Br)on1. The predicted octanol–water partition coefficient (Wildman–Crippen LogP) is 3.46. The van der Waals surface area contributed by atoms with Crippen molar-refractivity contribution in [3.05, 3.63) is 39.5 Å². The summed E-state index contributed by atoms with van der Waals surface area (Å²) >= 11 is 9.10. The molecule has 0 aliphatic heterocycles. The summed E-state index contributed by atoms with van der Waals surface area (Å²) in [6, 6.07) is 6.46. The molecule has 0 radical (unpaired) electrons. The third kappa shape index (κ3) is 2.10.